The van der Waals surface area contributed by atoms with E-state index in [0.29, 0.717) is 5.39 Å². The lowest BCUT2D eigenvalue weighted by Gasteiger charge is -2.31. The Kier molecular flexibility index (Phi) is 12.0. The van der Waals surface area contributed by atoms with E-state index >= 15 is 0 Å². The topological polar surface area (TPSA) is 194 Å². The summed E-state index contributed by atoms with van der Waals surface area (Å²) in [6, 6.07) is -0.194. The Morgan fingerprint density at radius 3 is 2.35 bits per heavy atom. The molecule has 0 aromatic carbocycles. The molecule has 1 saturated heterocycles. The maximum atomic E-state index is 13.5. The van der Waals surface area contributed by atoms with Crippen molar-refractivity contribution in [3.63, 3.8) is 0 Å². The summed E-state index contributed by atoms with van der Waals surface area (Å²) in [7, 11) is -4.14. The van der Waals surface area contributed by atoms with Gasteiger partial charge in [-0.25, -0.2) is 14.3 Å². The maximum absolute atomic E-state index is 13.5. The molecule has 2 aromatic rings. The van der Waals surface area contributed by atoms with Crippen molar-refractivity contribution in [3.8, 4) is 0 Å². The van der Waals surface area contributed by atoms with Crippen molar-refractivity contribution in [3.05, 3.63) is 11.5 Å². The summed E-state index contributed by atoms with van der Waals surface area (Å²) >= 11 is 6.37. The van der Waals surface area contributed by atoms with Crippen LogP contribution in [-0.4, -0.2) is 104 Å². The predicted octanol–water partition coefficient (Wildman–Crippen LogP) is 3.95. The van der Waals surface area contributed by atoms with E-state index in [9.17, 15) is 24.4 Å². The van der Waals surface area contributed by atoms with Crippen molar-refractivity contribution >= 4 is 48.1 Å². The molecule has 258 valence electrons. The van der Waals surface area contributed by atoms with Gasteiger partial charge in [-0.1, -0.05) is 12.8 Å². The minimum absolute atomic E-state index is 0.0227. The first-order chi connectivity index (χ1) is 21.7. The first-order valence-corrected chi connectivity index (χ1v) is 17.3. The van der Waals surface area contributed by atoms with Gasteiger partial charge in [-0.2, -0.15) is 15.1 Å². The Morgan fingerprint density at radius 2 is 1.76 bits per heavy atom. The van der Waals surface area contributed by atoms with Crippen LogP contribution >= 0.6 is 19.2 Å². The molecule has 1 unspecified atom stereocenters. The zero-order valence-corrected chi connectivity index (χ0v) is 28.5. The van der Waals surface area contributed by atoms with Gasteiger partial charge in [0, 0.05) is 6.04 Å². The zero-order valence-electron chi connectivity index (χ0n) is 26.8. The third kappa shape index (κ3) is 7.98. The number of halogens is 1. The fraction of sp³-hybridized carbons (Fsp3) is 0.750. The van der Waals surface area contributed by atoms with Crippen LogP contribution in [0.4, 0.5) is 10.6 Å². The molecule has 5 atom stereocenters. The fourth-order valence-electron chi connectivity index (χ4n) is 5.43. The summed E-state index contributed by atoms with van der Waals surface area (Å²) in [4.78, 5) is 36.3. The SMILES string of the molecule is CCOC(=O)C(OC[C@H]1O[C@@H](n2ncc3c(N(C(=O)OC(C)(C)C)C4CCCC4)nc(Cl)nc32)[C@H](O)[C@@H]1O)P(=O)(OCC)OCC. The number of aromatic nitrogens is 4. The average molecular weight is 692 g/mol. The highest BCUT2D eigenvalue weighted by molar-refractivity contribution is 7.55. The van der Waals surface area contributed by atoms with Crippen LogP contribution in [0.5, 0.6) is 0 Å². The van der Waals surface area contributed by atoms with Crippen molar-refractivity contribution in [1.29, 1.82) is 0 Å². The summed E-state index contributed by atoms with van der Waals surface area (Å²) in [5.41, 5.74) is -0.644. The number of hydrogen-bond acceptors (Lipinski definition) is 14. The number of ether oxygens (including phenoxy) is 4. The largest absolute Gasteiger partial charge is 0.464 e. The fourth-order valence-corrected chi connectivity index (χ4v) is 7.25. The first kappa shape index (κ1) is 36.4. The van der Waals surface area contributed by atoms with Crippen LogP contribution in [0.15, 0.2) is 6.20 Å². The highest BCUT2D eigenvalue weighted by atomic mass is 35.5. The average Bonchev–Trinajstić information content (AvgIpc) is 3.70. The van der Waals surface area contributed by atoms with E-state index in [0.717, 1.165) is 25.7 Å². The van der Waals surface area contributed by atoms with Gasteiger partial charge in [0.15, 0.2) is 17.7 Å². The van der Waals surface area contributed by atoms with Crippen molar-refractivity contribution in [2.45, 2.75) is 109 Å². The van der Waals surface area contributed by atoms with Crippen LogP contribution in [0.2, 0.25) is 5.28 Å². The number of rotatable bonds is 13. The highest BCUT2D eigenvalue weighted by Gasteiger charge is 2.49. The minimum atomic E-state index is -4.14. The second-order valence-corrected chi connectivity index (χ2v) is 14.2. The van der Waals surface area contributed by atoms with Gasteiger partial charge in [0.2, 0.25) is 5.28 Å². The van der Waals surface area contributed by atoms with Crippen molar-refractivity contribution in [1.82, 2.24) is 19.7 Å². The van der Waals surface area contributed by atoms with Gasteiger partial charge in [0.05, 0.1) is 38.0 Å². The summed E-state index contributed by atoms with van der Waals surface area (Å²) in [5.74, 6) is -2.56. The van der Waals surface area contributed by atoms with Crippen LogP contribution in [0.25, 0.3) is 11.0 Å². The molecule has 16 nitrogen and oxygen atoms in total. The normalized spacial score (nSPS) is 23.2. The van der Waals surface area contributed by atoms with Crippen LogP contribution in [0.3, 0.4) is 0 Å². The number of aliphatic hydroxyl groups excluding tert-OH is 2. The van der Waals surface area contributed by atoms with E-state index in [1.54, 1.807) is 41.5 Å². The number of fused-ring (bicyclic) bond motifs is 1. The third-order valence-corrected chi connectivity index (χ3v) is 9.64. The number of aliphatic hydroxyl groups is 2. The molecule has 1 aliphatic carbocycles. The van der Waals surface area contributed by atoms with Crippen molar-refractivity contribution < 1.29 is 52.4 Å². The van der Waals surface area contributed by atoms with E-state index in [1.165, 1.54) is 15.8 Å². The van der Waals surface area contributed by atoms with E-state index in [2.05, 4.69) is 15.1 Å². The van der Waals surface area contributed by atoms with Gasteiger partial charge < -0.3 is 38.2 Å². The number of carbonyl (C=O) groups is 2. The molecule has 0 bridgehead atoms. The minimum Gasteiger partial charge on any atom is -0.464 e. The van der Waals surface area contributed by atoms with Gasteiger partial charge in [0.1, 0.15) is 23.9 Å². The Labute approximate surface area is 272 Å². The van der Waals surface area contributed by atoms with Gasteiger partial charge in [-0.15, -0.1) is 0 Å². The lowest BCUT2D eigenvalue weighted by atomic mass is 10.1. The zero-order chi connectivity index (χ0) is 33.8. The monoisotopic (exact) mass is 691 g/mol. The number of hydrogen-bond donors (Lipinski definition) is 2. The van der Waals surface area contributed by atoms with Crippen LogP contribution < -0.4 is 4.90 Å². The second kappa shape index (κ2) is 15.2. The van der Waals surface area contributed by atoms with Crippen molar-refractivity contribution in [2.75, 3.05) is 31.3 Å². The molecule has 18 heteroatoms. The third-order valence-electron chi connectivity index (χ3n) is 7.30. The van der Waals surface area contributed by atoms with E-state index < -0.39 is 62.3 Å². The van der Waals surface area contributed by atoms with Gasteiger partial charge >= 0.3 is 19.7 Å². The highest BCUT2D eigenvalue weighted by Crippen LogP contribution is 2.54. The number of nitrogens with zero attached hydrogens (tertiary/aromatic N) is 5. The smallest absolute Gasteiger partial charge is 0.416 e. The van der Waals surface area contributed by atoms with E-state index in [1.807, 2.05) is 0 Å². The lowest BCUT2D eigenvalue weighted by molar-refractivity contribution is -0.155. The number of carbonyl (C=O) groups excluding carboxylic acids is 2. The maximum Gasteiger partial charge on any atom is 0.416 e. The summed E-state index contributed by atoms with van der Waals surface area (Å²) < 4.78 is 47.6. The van der Waals surface area contributed by atoms with Crippen LogP contribution in [0.1, 0.15) is 73.5 Å². The molecule has 2 aromatic heterocycles. The Morgan fingerprint density at radius 1 is 1.11 bits per heavy atom. The molecule has 1 aliphatic heterocycles. The molecule has 2 fully saturated rings. The molecule has 0 spiro atoms. The second-order valence-electron chi connectivity index (χ2n) is 11.8. The van der Waals surface area contributed by atoms with Gasteiger partial charge in [-0.3, -0.25) is 9.46 Å². The van der Waals surface area contributed by atoms with Gasteiger partial charge in [-0.05, 0) is 66.0 Å². The number of amides is 1. The Balaban J connectivity index is 1.63. The molecule has 1 saturated carbocycles. The number of esters is 1. The standard InChI is InChI=1S/C28H43ClN5O11P/c1-7-40-24(37)25(46(39,42-8-2)43-9-3)41-15-18-19(35)20(36)23(44-18)34-22-17(14-30-34)21(31-26(29)32-22)33(16-12-10-11-13-16)27(38)45-28(4,5)6/h14,16,18-20,23,25,35-36H,7-13,15H2,1-6H3/t18-,19-,20-,23-,25?/m1/s1. The quantitative estimate of drug-likeness (QED) is 0.174. The van der Waals surface area contributed by atoms with E-state index in [-0.39, 0.29) is 42.6 Å². The predicted molar refractivity (Wildman–Crippen MR) is 164 cm³/mol. The Bertz CT molecular complexity index is 1410. The molecule has 2 N–H and O–H groups in total. The van der Waals surface area contributed by atoms with E-state index in [4.69, 9.17) is 39.6 Å². The van der Waals surface area contributed by atoms with Crippen molar-refractivity contribution in [2.24, 2.45) is 0 Å². The Hall–Kier alpha value is -2.43. The molecule has 0 radical (unpaired) electrons. The molecule has 3 heterocycles. The molecular weight excluding hydrogens is 649 g/mol. The molecular formula is C28H43ClN5O11P. The van der Waals surface area contributed by atoms with Gasteiger partial charge in [0.25, 0.3) is 5.85 Å². The first-order valence-electron chi connectivity index (χ1n) is 15.4. The molecule has 2 aliphatic rings. The summed E-state index contributed by atoms with van der Waals surface area (Å²) in [6.07, 6.45) is -1.45. The molecule has 4 rings (SSSR count). The van der Waals surface area contributed by atoms with Crippen LogP contribution in [-0.2, 0) is 37.4 Å². The molecule has 1 amide bonds. The lowest BCUT2D eigenvalue weighted by Crippen LogP contribution is -2.43. The molecule has 46 heavy (non-hydrogen) atoms. The summed E-state index contributed by atoms with van der Waals surface area (Å²) in [6.45, 7) is 9.43. The van der Waals surface area contributed by atoms with Crippen LogP contribution in [0, 0.1) is 0 Å². The summed E-state index contributed by atoms with van der Waals surface area (Å²) in [5, 5.41) is 26.5. The number of anilines is 1.